The molecular weight excluding hydrogens is 609 g/mol. The number of hydrogen-bond acceptors (Lipinski definition) is 6. The molecule has 0 saturated carbocycles. The Balaban J connectivity index is 1.15. The number of benzene rings is 2. The Labute approximate surface area is 272 Å². The maximum atomic E-state index is 14.2. The van der Waals surface area contributed by atoms with Crippen molar-refractivity contribution in [3.63, 3.8) is 0 Å². The highest BCUT2D eigenvalue weighted by atomic mass is 35.5. The summed E-state index contributed by atoms with van der Waals surface area (Å²) in [5.41, 5.74) is 3.57. The molecule has 0 N–H and O–H groups in total. The van der Waals surface area contributed by atoms with Gasteiger partial charge in [0.15, 0.2) is 23.1 Å². The van der Waals surface area contributed by atoms with Crippen molar-refractivity contribution in [3.05, 3.63) is 117 Å². The van der Waals surface area contributed by atoms with E-state index in [4.69, 9.17) is 16.3 Å². The Morgan fingerprint density at radius 3 is 1.89 bits per heavy atom. The van der Waals surface area contributed by atoms with Crippen molar-refractivity contribution in [1.29, 1.82) is 0 Å². The van der Waals surface area contributed by atoms with Crippen LogP contribution < -0.4 is 0 Å². The molecule has 1 aliphatic heterocycles. The SMILES string of the molecule is Cn1cc(CC(=O)c2ccc(Cl)cc2F)cc1C(=O)Cc1cc(C(=O)Cc2ccc(C(=O)CCCN3CCOCC3)cc2)n(C)c1. The van der Waals surface area contributed by atoms with Gasteiger partial charge in [0.25, 0.3) is 0 Å². The van der Waals surface area contributed by atoms with Crippen LogP contribution >= 0.6 is 11.6 Å². The molecule has 0 aliphatic carbocycles. The molecule has 4 aromatic rings. The minimum absolute atomic E-state index is 0.0536. The van der Waals surface area contributed by atoms with Gasteiger partial charge in [-0.2, -0.15) is 0 Å². The topological polar surface area (TPSA) is 90.6 Å². The molecule has 1 aliphatic rings. The first-order valence-electron chi connectivity index (χ1n) is 15.3. The molecular formula is C36H37ClFN3O5. The number of halogens is 2. The molecule has 0 amide bonds. The largest absolute Gasteiger partial charge is 0.379 e. The lowest BCUT2D eigenvalue weighted by molar-refractivity contribution is 0.0371. The van der Waals surface area contributed by atoms with Crippen LogP contribution in [0.3, 0.4) is 0 Å². The number of Topliss-reactive ketones (excluding diaryl/α,β-unsaturated/α-hetero) is 4. The maximum absolute atomic E-state index is 14.2. The second-order valence-corrected chi connectivity index (χ2v) is 12.2. The predicted octanol–water partition coefficient (Wildman–Crippen LogP) is 5.73. The molecule has 2 aromatic heterocycles. The standard InChI is InChI=1S/C36H37ClFN3O5/c1-39-22-25(19-34(43)29-10-9-28(37)21-30(29)38)16-32(39)36(45)20-26-17-31(40(2)23-26)35(44)18-24-5-7-27(8-6-24)33(42)4-3-11-41-12-14-46-15-13-41/h5-10,16-17,21-23H,3-4,11-15,18-20H2,1-2H3. The van der Waals surface area contributed by atoms with E-state index in [0.29, 0.717) is 34.5 Å². The fourth-order valence-corrected chi connectivity index (χ4v) is 5.96. The van der Waals surface area contributed by atoms with Crippen LogP contribution in [0.2, 0.25) is 5.02 Å². The van der Waals surface area contributed by atoms with Crippen LogP contribution in [0.15, 0.2) is 67.0 Å². The summed E-state index contributed by atoms with van der Waals surface area (Å²) in [4.78, 5) is 54.0. The number of morpholine rings is 1. The Bertz CT molecular complexity index is 1750. The molecule has 0 unspecified atom stereocenters. The number of rotatable bonds is 14. The van der Waals surface area contributed by atoms with Gasteiger partial charge in [0.2, 0.25) is 0 Å². The summed E-state index contributed by atoms with van der Waals surface area (Å²) in [6.07, 6.45) is 4.90. The summed E-state index contributed by atoms with van der Waals surface area (Å²) < 4.78 is 22.9. The number of nitrogens with zero attached hydrogens (tertiary/aromatic N) is 3. The van der Waals surface area contributed by atoms with Gasteiger partial charge >= 0.3 is 0 Å². The average Bonchev–Trinajstić information content (AvgIpc) is 3.58. The van der Waals surface area contributed by atoms with Crippen molar-refractivity contribution in [1.82, 2.24) is 14.0 Å². The number of carbonyl (C=O) groups is 4. The van der Waals surface area contributed by atoms with E-state index in [2.05, 4.69) is 4.90 Å². The van der Waals surface area contributed by atoms with E-state index in [1.54, 1.807) is 59.9 Å². The molecule has 3 heterocycles. The smallest absolute Gasteiger partial charge is 0.183 e. The molecule has 10 heteroatoms. The molecule has 1 saturated heterocycles. The number of ketones is 4. The van der Waals surface area contributed by atoms with Crippen LogP contribution in [0.5, 0.6) is 0 Å². The molecule has 46 heavy (non-hydrogen) atoms. The molecule has 0 radical (unpaired) electrons. The lowest BCUT2D eigenvalue weighted by Gasteiger charge is -2.26. The van der Waals surface area contributed by atoms with Crippen molar-refractivity contribution in [2.24, 2.45) is 14.1 Å². The van der Waals surface area contributed by atoms with Crippen molar-refractivity contribution in [2.75, 3.05) is 32.8 Å². The van der Waals surface area contributed by atoms with Gasteiger partial charge in [-0.25, -0.2) is 4.39 Å². The van der Waals surface area contributed by atoms with Crippen LogP contribution in [0.25, 0.3) is 0 Å². The second kappa shape index (κ2) is 14.9. The van der Waals surface area contributed by atoms with Crippen molar-refractivity contribution in [3.8, 4) is 0 Å². The van der Waals surface area contributed by atoms with E-state index in [-0.39, 0.29) is 47.2 Å². The Kier molecular flexibility index (Phi) is 10.8. The van der Waals surface area contributed by atoms with E-state index in [9.17, 15) is 23.6 Å². The number of ether oxygens (including phenoxy) is 1. The zero-order valence-electron chi connectivity index (χ0n) is 26.1. The number of aromatic nitrogens is 2. The van der Waals surface area contributed by atoms with Crippen molar-refractivity contribution >= 4 is 34.7 Å². The van der Waals surface area contributed by atoms with E-state index in [1.807, 2.05) is 12.1 Å². The molecule has 240 valence electrons. The van der Waals surface area contributed by atoms with E-state index in [1.165, 1.54) is 12.1 Å². The lowest BCUT2D eigenvalue weighted by atomic mass is 10.0. The molecule has 2 aromatic carbocycles. The number of aryl methyl sites for hydroxylation is 2. The minimum atomic E-state index is -0.683. The summed E-state index contributed by atoms with van der Waals surface area (Å²) in [5.74, 6) is -1.27. The first-order valence-corrected chi connectivity index (χ1v) is 15.7. The third-order valence-electron chi connectivity index (χ3n) is 8.28. The van der Waals surface area contributed by atoms with Gasteiger partial charge in [-0.1, -0.05) is 35.9 Å². The highest BCUT2D eigenvalue weighted by molar-refractivity contribution is 6.30. The summed E-state index contributed by atoms with van der Waals surface area (Å²) >= 11 is 5.79. The van der Waals surface area contributed by atoms with E-state index in [0.717, 1.165) is 50.9 Å². The average molecular weight is 646 g/mol. The molecule has 0 spiro atoms. The summed E-state index contributed by atoms with van der Waals surface area (Å²) in [6.45, 7) is 4.18. The Hall–Kier alpha value is -4.18. The Morgan fingerprint density at radius 1 is 0.739 bits per heavy atom. The highest BCUT2D eigenvalue weighted by Gasteiger charge is 2.20. The fraction of sp³-hybridized carbons (Fsp3) is 0.333. The zero-order chi connectivity index (χ0) is 32.8. The first kappa shape index (κ1) is 33.2. The number of hydrogen-bond donors (Lipinski definition) is 0. The normalized spacial score (nSPS) is 13.6. The van der Waals surface area contributed by atoms with Crippen LogP contribution in [-0.2, 0) is 38.1 Å². The van der Waals surface area contributed by atoms with Gasteiger partial charge in [0.05, 0.1) is 30.2 Å². The zero-order valence-corrected chi connectivity index (χ0v) is 26.8. The third-order valence-corrected chi connectivity index (χ3v) is 8.51. The number of carbonyl (C=O) groups excluding carboxylic acids is 4. The van der Waals surface area contributed by atoms with Crippen LogP contribution in [0.4, 0.5) is 4.39 Å². The quantitative estimate of drug-likeness (QED) is 0.163. The summed E-state index contributed by atoms with van der Waals surface area (Å²) in [5, 5.41) is 0.209. The van der Waals surface area contributed by atoms with E-state index < -0.39 is 11.6 Å². The maximum Gasteiger partial charge on any atom is 0.183 e. The van der Waals surface area contributed by atoms with Crippen molar-refractivity contribution < 1.29 is 28.3 Å². The fourth-order valence-electron chi connectivity index (χ4n) is 5.80. The summed E-state index contributed by atoms with van der Waals surface area (Å²) in [6, 6.07) is 14.5. The molecule has 0 atom stereocenters. The molecule has 5 rings (SSSR count). The second-order valence-electron chi connectivity index (χ2n) is 11.8. The molecule has 1 fully saturated rings. The molecule has 8 nitrogen and oxygen atoms in total. The third kappa shape index (κ3) is 8.34. The van der Waals surface area contributed by atoms with Gasteiger partial charge in [0, 0.05) is 75.8 Å². The highest BCUT2D eigenvalue weighted by Crippen LogP contribution is 2.20. The predicted molar refractivity (Wildman–Crippen MR) is 174 cm³/mol. The van der Waals surface area contributed by atoms with Crippen LogP contribution in [0.1, 0.15) is 71.2 Å². The van der Waals surface area contributed by atoms with Gasteiger partial charge in [-0.05, 0) is 60.0 Å². The van der Waals surface area contributed by atoms with Gasteiger partial charge in [-0.15, -0.1) is 0 Å². The minimum Gasteiger partial charge on any atom is -0.379 e. The lowest BCUT2D eigenvalue weighted by Crippen LogP contribution is -2.36. The monoisotopic (exact) mass is 645 g/mol. The van der Waals surface area contributed by atoms with Crippen molar-refractivity contribution in [2.45, 2.75) is 32.1 Å². The summed E-state index contributed by atoms with van der Waals surface area (Å²) in [7, 11) is 3.48. The first-order chi connectivity index (χ1) is 22.1. The van der Waals surface area contributed by atoms with Gasteiger partial charge < -0.3 is 13.9 Å². The Morgan fingerprint density at radius 2 is 1.30 bits per heavy atom. The van der Waals surface area contributed by atoms with Crippen LogP contribution in [0, 0.1) is 5.82 Å². The van der Waals surface area contributed by atoms with Gasteiger partial charge in [-0.3, -0.25) is 24.1 Å². The van der Waals surface area contributed by atoms with Crippen LogP contribution in [-0.4, -0.2) is 70.0 Å². The van der Waals surface area contributed by atoms with Gasteiger partial charge in [0.1, 0.15) is 5.82 Å². The molecule has 0 bridgehead atoms. The van der Waals surface area contributed by atoms with E-state index >= 15 is 0 Å².